The number of hydrogen-bond donors (Lipinski definition) is 0. The van der Waals surface area contributed by atoms with Gasteiger partial charge in [-0.05, 0) is 25.0 Å². The maximum atomic E-state index is 6.10. The number of benzene rings is 1. The first-order chi connectivity index (χ1) is 9.15. The lowest BCUT2D eigenvalue weighted by Gasteiger charge is -2.26. The SMILES string of the molecule is CCN(CC(C)C)c1nc2ccccc2cc1CCl. The molecule has 0 aliphatic heterocycles. The summed E-state index contributed by atoms with van der Waals surface area (Å²) in [5, 5.41) is 1.16. The predicted molar refractivity (Wildman–Crippen MR) is 84.0 cm³/mol. The highest BCUT2D eigenvalue weighted by Gasteiger charge is 2.13. The second-order valence-corrected chi connectivity index (χ2v) is 5.50. The zero-order valence-corrected chi connectivity index (χ0v) is 12.6. The number of alkyl halides is 1. The van der Waals surface area contributed by atoms with Crippen molar-refractivity contribution in [1.82, 2.24) is 4.98 Å². The molecule has 0 N–H and O–H groups in total. The largest absolute Gasteiger partial charge is 0.356 e. The number of halogens is 1. The van der Waals surface area contributed by atoms with Crippen LogP contribution in [0.1, 0.15) is 26.3 Å². The van der Waals surface area contributed by atoms with E-state index in [1.807, 2.05) is 12.1 Å². The average molecular weight is 277 g/mol. The third-order valence-corrected chi connectivity index (χ3v) is 3.48. The van der Waals surface area contributed by atoms with Gasteiger partial charge in [0.1, 0.15) is 5.82 Å². The minimum atomic E-state index is 0.502. The van der Waals surface area contributed by atoms with E-state index < -0.39 is 0 Å². The molecule has 102 valence electrons. The number of anilines is 1. The van der Waals surface area contributed by atoms with Gasteiger partial charge in [0.15, 0.2) is 0 Å². The Morgan fingerprint density at radius 2 is 2.00 bits per heavy atom. The molecule has 0 aliphatic carbocycles. The third kappa shape index (κ3) is 3.19. The molecule has 0 aliphatic rings. The van der Waals surface area contributed by atoms with Crippen LogP contribution in [-0.2, 0) is 5.88 Å². The second kappa shape index (κ2) is 6.25. The van der Waals surface area contributed by atoms with Gasteiger partial charge >= 0.3 is 0 Å². The highest BCUT2D eigenvalue weighted by Crippen LogP contribution is 2.25. The van der Waals surface area contributed by atoms with Gasteiger partial charge in [0, 0.05) is 24.0 Å². The zero-order valence-electron chi connectivity index (χ0n) is 11.9. The summed E-state index contributed by atoms with van der Waals surface area (Å²) in [5.41, 5.74) is 2.15. The van der Waals surface area contributed by atoms with Gasteiger partial charge in [-0.2, -0.15) is 0 Å². The fraction of sp³-hybridized carbons (Fsp3) is 0.438. The molecule has 1 aromatic carbocycles. The molecule has 1 aromatic heterocycles. The van der Waals surface area contributed by atoms with Crippen LogP contribution in [-0.4, -0.2) is 18.1 Å². The van der Waals surface area contributed by atoms with Crippen LogP contribution < -0.4 is 4.90 Å². The summed E-state index contributed by atoms with van der Waals surface area (Å²) < 4.78 is 0. The van der Waals surface area contributed by atoms with E-state index in [2.05, 4.69) is 43.9 Å². The molecule has 0 fully saturated rings. The highest BCUT2D eigenvalue weighted by atomic mass is 35.5. The Bertz CT molecular complexity index is 551. The summed E-state index contributed by atoms with van der Waals surface area (Å²) >= 11 is 6.10. The summed E-state index contributed by atoms with van der Waals surface area (Å²) in [6.07, 6.45) is 0. The summed E-state index contributed by atoms with van der Waals surface area (Å²) in [6, 6.07) is 10.4. The summed E-state index contributed by atoms with van der Waals surface area (Å²) in [6.45, 7) is 8.57. The first-order valence-corrected chi connectivity index (χ1v) is 7.38. The molecule has 0 spiro atoms. The number of pyridine rings is 1. The number of fused-ring (bicyclic) bond motifs is 1. The van der Waals surface area contributed by atoms with Crippen molar-refractivity contribution in [3.63, 3.8) is 0 Å². The van der Waals surface area contributed by atoms with Gasteiger partial charge in [-0.3, -0.25) is 0 Å². The Morgan fingerprint density at radius 3 is 2.63 bits per heavy atom. The Balaban J connectivity index is 2.50. The van der Waals surface area contributed by atoms with Gasteiger partial charge in [-0.15, -0.1) is 11.6 Å². The molecule has 19 heavy (non-hydrogen) atoms. The molecule has 0 bridgehead atoms. The van der Waals surface area contributed by atoms with Crippen LogP contribution in [0.4, 0.5) is 5.82 Å². The Kier molecular flexibility index (Phi) is 4.65. The van der Waals surface area contributed by atoms with Crippen molar-refractivity contribution in [2.75, 3.05) is 18.0 Å². The molecule has 2 nitrogen and oxygen atoms in total. The first-order valence-electron chi connectivity index (χ1n) is 6.85. The number of nitrogens with zero attached hydrogens (tertiary/aromatic N) is 2. The van der Waals surface area contributed by atoms with E-state index in [9.17, 15) is 0 Å². The van der Waals surface area contributed by atoms with E-state index in [4.69, 9.17) is 16.6 Å². The van der Waals surface area contributed by atoms with Crippen molar-refractivity contribution in [1.29, 1.82) is 0 Å². The molecule has 3 heteroatoms. The van der Waals surface area contributed by atoms with Crippen molar-refractivity contribution in [3.8, 4) is 0 Å². The van der Waals surface area contributed by atoms with E-state index in [-0.39, 0.29) is 0 Å². The predicted octanol–water partition coefficient (Wildman–Crippen LogP) is 4.46. The smallest absolute Gasteiger partial charge is 0.133 e. The number of para-hydroxylation sites is 1. The summed E-state index contributed by atoms with van der Waals surface area (Å²) in [5.74, 6) is 2.14. The van der Waals surface area contributed by atoms with Crippen LogP contribution in [0.25, 0.3) is 10.9 Å². The topological polar surface area (TPSA) is 16.1 Å². The molecular weight excluding hydrogens is 256 g/mol. The van der Waals surface area contributed by atoms with E-state index >= 15 is 0 Å². The van der Waals surface area contributed by atoms with Crippen LogP contribution in [0.3, 0.4) is 0 Å². The van der Waals surface area contributed by atoms with Crippen LogP contribution in [0.15, 0.2) is 30.3 Å². The van der Waals surface area contributed by atoms with Gasteiger partial charge in [0.05, 0.1) is 11.4 Å². The molecule has 0 atom stereocenters. The van der Waals surface area contributed by atoms with Crippen LogP contribution in [0.2, 0.25) is 0 Å². The van der Waals surface area contributed by atoms with Gasteiger partial charge < -0.3 is 4.90 Å². The highest BCUT2D eigenvalue weighted by molar-refractivity contribution is 6.17. The first kappa shape index (κ1) is 14.1. The molecule has 2 aromatic rings. The molecule has 1 heterocycles. The lowest BCUT2D eigenvalue weighted by molar-refractivity contribution is 0.614. The molecule has 2 rings (SSSR count). The minimum absolute atomic E-state index is 0.502. The van der Waals surface area contributed by atoms with Gasteiger partial charge in [0.2, 0.25) is 0 Å². The Hall–Kier alpha value is -1.28. The van der Waals surface area contributed by atoms with Crippen molar-refractivity contribution in [2.24, 2.45) is 5.92 Å². The van der Waals surface area contributed by atoms with E-state index in [0.29, 0.717) is 11.8 Å². The summed E-state index contributed by atoms with van der Waals surface area (Å²) in [7, 11) is 0. The van der Waals surface area contributed by atoms with Crippen LogP contribution >= 0.6 is 11.6 Å². The van der Waals surface area contributed by atoms with Crippen molar-refractivity contribution < 1.29 is 0 Å². The quantitative estimate of drug-likeness (QED) is 0.750. The van der Waals surface area contributed by atoms with Crippen molar-refractivity contribution in [3.05, 3.63) is 35.9 Å². The van der Waals surface area contributed by atoms with Gasteiger partial charge in [-0.1, -0.05) is 32.0 Å². The second-order valence-electron chi connectivity index (χ2n) is 5.23. The van der Waals surface area contributed by atoms with Crippen molar-refractivity contribution in [2.45, 2.75) is 26.7 Å². The number of rotatable bonds is 5. The van der Waals surface area contributed by atoms with Crippen molar-refractivity contribution >= 4 is 28.3 Å². The average Bonchev–Trinajstić information content (AvgIpc) is 2.43. The number of hydrogen-bond acceptors (Lipinski definition) is 2. The van der Waals surface area contributed by atoms with Crippen LogP contribution in [0, 0.1) is 5.92 Å². The zero-order chi connectivity index (χ0) is 13.8. The third-order valence-electron chi connectivity index (χ3n) is 3.19. The minimum Gasteiger partial charge on any atom is -0.356 e. The number of aromatic nitrogens is 1. The Labute approximate surface area is 120 Å². The Morgan fingerprint density at radius 1 is 1.26 bits per heavy atom. The summed E-state index contributed by atoms with van der Waals surface area (Å²) in [4.78, 5) is 7.13. The van der Waals surface area contributed by atoms with E-state index in [1.54, 1.807) is 0 Å². The molecule has 0 saturated carbocycles. The van der Waals surface area contributed by atoms with E-state index in [1.165, 1.54) is 0 Å². The van der Waals surface area contributed by atoms with Gasteiger partial charge in [-0.25, -0.2) is 4.98 Å². The normalized spacial score (nSPS) is 11.2. The maximum absolute atomic E-state index is 6.10. The molecular formula is C16H21ClN2. The molecule has 0 radical (unpaired) electrons. The maximum Gasteiger partial charge on any atom is 0.133 e. The van der Waals surface area contributed by atoms with Gasteiger partial charge in [0.25, 0.3) is 0 Å². The fourth-order valence-corrected chi connectivity index (χ4v) is 2.52. The standard InChI is InChI=1S/C16H21ClN2/c1-4-19(11-12(2)3)16-14(10-17)9-13-7-5-6-8-15(13)18-16/h5-9,12H,4,10-11H2,1-3H3. The van der Waals surface area contributed by atoms with Crippen LogP contribution in [0.5, 0.6) is 0 Å². The fourth-order valence-electron chi connectivity index (χ4n) is 2.33. The lowest BCUT2D eigenvalue weighted by Crippen LogP contribution is -2.29. The monoisotopic (exact) mass is 276 g/mol. The molecule has 0 amide bonds. The molecule has 0 unspecified atom stereocenters. The molecule has 0 saturated heterocycles. The lowest BCUT2D eigenvalue weighted by atomic mass is 10.1. The van der Waals surface area contributed by atoms with E-state index in [0.717, 1.165) is 35.4 Å².